The zero-order valence-electron chi connectivity index (χ0n) is 16.5. The van der Waals surface area contributed by atoms with Crippen molar-refractivity contribution in [2.45, 2.75) is 31.4 Å². The summed E-state index contributed by atoms with van der Waals surface area (Å²) in [5, 5.41) is 3.74. The minimum atomic E-state index is -0.255. The number of fused-ring (bicyclic) bond motifs is 3. The highest BCUT2D eigenvalue weighted by Crippen LogP contribution is 2.50. The molecule has 150 valence electrons. The van der Waals surface area contributed by atoms with Gasteiger partial charge in [-0.2, -0.15) is 11.8 Å². The van der Waals surface area contributed by atoms with Crippen LogP contribution in [0.4, 0.5) is 5.69 Å². The molecule has 0 amide bonds. The van der Waals surface area contributed by atoms with Gasteiger partial charge in [-0.3, -0.25) is 0 Å². The van der Waals surface area contributed by atoms with Crippen LogP contribution in [0.15, 0.2) is 54.6 Å². The van der Waals surface area contributed by atoms with Crippen molar-refractivity contribution in [2.24, 2.45) is 5.92 Å². The molecule has 0 saturated carbocycles. The van der Waals surface area contributed by atoms with Crippen molar-refractivity contribution in [1.82, 2.24) is 0 Å². The summed E-state index contributed by atoms with van der Waals surface area (Å²) in [5.74, 6) is 3.59. The van der Waals surface area contributed by atoms with E-state index < -0.39 is 0 Å². The van der Waals surface area contributed by atoms with Gasteiger partial charge in [0.15, 0.2) is 0 Å². The maximum absolute atomic E-state index is 12.2. The van der Waals surface area contributed by atoms with Crippen LogP contribution in [0.2, 0.25) is 0 Å². The number of allylic oxidation sites excluding steroid dienone is 2. The zero-order valence-corrected chi connectivity index (χ0v) is 17.3. The molecule has 0 aromatic heterocycles. The molecule has 1 fully saturated rings. The summed E-state index contributed by atoms with van der Waals surface area (Å²) in [6, 6.07) is 14.6. The molecule has 2 heterocycles. The highest BCUT2D eigenvalue weighted by atomic mass is 32.2. The fraction of sp³-hybridized carbons (Fsp3) is 0.375. The largest absolute Gasteiger partial charge is 0.489 e. The summed E-state index contributed by atoms with van der Waals surface area (Å²) in [6.07, 6.45) is 5.92. The average Bonchev–Trinajstić information content (AvgIpc) is 3.20. The Bertz CT molecular complexity index is 953. The van der Waals surface area contributed by atoms with E-state index in [2.05, 4.69) is 41.7 Å². The van der Waals surface area contributed by atoms with Gasteiger partial charge < -0.3 is 14.8 Å². The van der Waals surface area contributed by atoms with E-state index in [-0.39, 0.29) is 12.0 Å². The molecule has 0 unspecified atom stereocenters. The van der Waals surface area contributed by atoms with Crippen molar-refractivity contribution >= 4 is 23.4 Å². The molecule has 3 aliphatic rings. The highest BCUT2D eigenvalue weighted by molar-refractivity contribution is 8.00. The molecule has 0 bridgehead atoms. The third-order valence-corrected chi connectivity index (χ3v) is 7.22. The lowest BCUT2D eigenvalue weighted by Crippen LogP contribution is -2.31. The summed E-state index contributed by atoms with van der Waals surface area (Å²) < 4.78 is 11.3. The number of benzene rings is 2. The van der Waals surface area contributed by atoms with Crippen molar-refractivity contribution in [1.29, 1.82) is 0 Å². The van der Waals surface area contributed by atoms with Gasteiger partial charge in [0.1, 0.15) is 11.9 Å². The molecule has 5 rings (SSSR count). The third kappa shape index (κ3) is 3.52. The Morgan fingerprint density at radius 2 is 2.10 bits per heavy atom. The fourth-order valence-corrected chi connectivity index (χ4v) is 5.09. The van der Waals surface area contributed by atoms with Crippen LogP contribution in [0.25, 0.3) is 0 Å². The summed E-state index contributed by atoms with van der Waals surface area (Å²) >= 11 is 1.93. The molecule has 4 nitrogen and oxygen atoms in total. The minimum Gasteiger partial charge on any atom is -0.489 e. The van der Waals surface area contributed by atoms with Gasteiger partial charge >= 0.3 is 5.97 Å². The topological polar surface area (TPSA) is 47.6 Å². The number of carbonyl (C=O) groups excluding carboxylic acids is 1. The number of rotatable bonds is 5. The molecule has 2 aromatic carbocycles. The van der Waals surface area contributed by atoms with E-state index in [4.69, 9.17) is 9.47 Å². The van der Waals surface area contributed by atoms with Gasteiger partial charge in [0.05, 0.1) is 18.2 Å². The van der Waals surface area contributed by atoms with Crippen molar-refractivity contribution in [3.05, 3.63) is 71.3 Å². The van der Waals surface area contributed by atoms with Gasteiger partial charge in [0, 0.05) is 23.1 Å². The number of hydrogen-bond acceptors (Lipinski definition) is 5. The first-order valence-corrected chi connectivity index (χ1v) is 11.5. The molecular formula is C24H25NO3S. The molecule has 0 radical (unpaired) electrons. The number of hydrogen-bond donors (Lipinski definition) is 1. The lowest BCUT2D eigenvalue weighted by molar-refractivity contribution is 0.0526. The van der Waals surface area contributed by atoms with E-state index >= 15 is 0 Å². The van der Waals surface area contributed by atoms with Crippen molar-refractivity contribution in [3.63, 3.8) is 0 Å². The Morgan fingerprint density at radius 3 is 2.90 bits per heavy atom. The standard InChI is InChI=1S/C24H25NO3S/c1-2-27-24(26)16-9-10-22-21(12-16)19-7-4-8-20(19)23(25-22)15-5-3-6-17(11-15)28-18-13-29-14-18/h3-7,9-12,18-20,23,25H,2,8,13-14H2,1H3/t19-,20-,23+/m1/s1. The molecule has 29 heavy (non-hydrogen) atoms. The highest BCUT2D eigenvalue weighted by Gasteiger charge is 2.38. The van der Waals surface area contributed by atoms with Crippen LogP contribution in [0.5, 0.6) is 5.75 Å². The molecular weight excluding hydrogens is 382 g/mol. The number of thioether (sulfide) groups is 1. The van der Waals surface area contributed by atoms with Crippen molar-refractivity contribution < 1.29 is 14.3 Å². The predicted octanol–water partition coefficient (Wildman–Crippen LogP) is 5.18. The van der Waals surface area contributed by atoms with Gasteiger partial charge in [-0.05, 0) is 60.7 Å². The Morgan fingerprint density at radius 1 is 1.21 bits per heavy atom. The smallest absolute Gasteiger partial charge is 0.338 e. The second kappa shape index (κ2) is 7.79. The molecule has 1 N–H and O–H groups in total. The number of esters is 1. The van der Waals surface area contributed by atoms with E-state index in [9.17, 15) is 4.79 Å². The maximum Gasteiger partial charge on any atom is 0.338 e. The van der Waals surface area contributed by atoms with Gasteiger partial charge in [-0.15, -0.1) is 0 Å². The maximum atomic E-state index is 12.2. The van der Waals surface area contributed by atoms with Crippen LogP contribution in [0, 0.1) is 5.92 Å². The van der Waals surface area contributed by atoms with Gasteiger partial charge in [0.25, 0.3) is 0 Å². The van der Waals surface area contributed by atoms with Crippen molar-refractivity contribution in [2.75, 3.05) is 23.4 Å². The van der Waals surface area contributed by atoms with Gasteiger partial charge in [-0.25, -0.2) is 4.79 Å². The number of anilines is 1. The Kier molecular flexibility index (Phi) is 5.00. The second-order valence-corrected chi connectivity index (χ2v) is 8.92. The van der Waals surface area contributed by atoms with Crippen LogP contribution in [-0.4, -0.2) is 30.2 Å². The molecule has 5 heteroatoms. The zero-order chi connectivity index (χ0) is 19.8. The summed E-state index contributed by atoms with van der Waals surface area (Å²) in [6.45, 7) is 2.22. The lowest BCUT2D eigenvalue weighted by Gasteiger charge is -2.38. The lowest BCUT2D eigenvalue weighted by atomic mass is 9.76. The molecule has 1 saturated heterocycles. The van der Waals surface area contributed by atoms with Gasteiger partial charge in [-0.1, -0.05) is 24.3 Å². The number of nitrogens with one attached hydrogen (secondary N) is 1. The normalized spacial score (nSPS) is 24.8. The number of carbonyl (C=O) groups is 1. The van der Waals surface area contributed by atoms with Crippen LogP contribution in [0.1, 0.15) is 46.8 Å². The van der Waals surface area contributed by atoms with Crippen LogP contribution < -0.4 is 10.1 Å². The summed E-state index contributed by atoms with van der Waals surface area (Å²) in [5.41, 5.74) is 4.16. The van der Waals surface area contributed by atoms with Crippen LogP contribution in [0.3, 0.4) is 0 Å². The second-order valence-electron chi connectivity index (χ2n) is 7.85. The Balaban J connectivity index is 1.44. The molecule has 3 atom stereocenters. The summed E-state index contributed by atoms with van der Waals surface area (Å²) in [4.78, 5) is 12.2. The molecule has 2 aliphatic heterocycles. The van der Waals surface area contributed by atoms with E-state index in [1.54, 1.807) is 0 Å². The predicted molar refractivity (Wildman–Crippen MR) is 117 cm³/mol. The van der Waals surface area contributed by atoms with E-state index in [1.807, 2.05) is 36.9 Å². The quantitative estimate of drug-likeness (QED) is 0.546. The number of ether oxygens (including phenoxy) is 2. The fourth-order valence-electron chi connectivity index (χ4n) is 4.52. The minimum absolute atomic E-state index is 0.218. The first kappa shape index (κ1) is 18.6. The first-order chi connectivity index (χ1) is 14.2. The average molecular weight is 408 g/mol. The molecule has 0 spiro atoms. The summed E-state index contributed by atoms with van der Waals surface area (Å²) in [7, 11) is 0. The Hall–Kier alpha value is -2.40. The first-order valence-electron chi connectivity index (χ1n) is 10.3. The molecule has 1 aliphatic carbocycles. The van der Waals surface area contributed by atoms with Crippen LogP contribution >= 0.6 is 11.8 Å². The van der Waals surface area contributed by atoms with E-state index in [0.29, 0.717) is 30.1 Å². The van der Waals surface area contributed by atoms with Crippen molar-refractivity contribution in [3.8, 4) is 5.75 Å². The van der Waals surface area contributed by atoms with E-state index in [0.717, 1.165) is 29.4 Å². The van der Waals surface area contributed by atoms with E-state index in [1.165, 1.54) is 11.1 Å². The third-order valence-electron chi connectivity index (χ3n) is 6.00. The molecule has 2 aromatic rings. The van der Waals surface area contributed by atoms with Gasteiger partial charge in [0.2, 0.25) is 0 Å². The van der Waals surface area contributed by atoms with Crippen LogP contribution in [-0.2, 0) is 4.74 Å². The SMILES string of the molecule is CCOC(=O)c1ccc2c(c1)[C@@H]1C=CC[C@H]1[C@H](c1cccc(OC3CSC3)c1)N2. The Labute approximate surface area is 175 Å². The monoisotopic (exact) mass is 407 g/mol.